The van der Waals surface area contributed by atoms with Gasteiger partial charge in [-0.15, -0.1) is 0 Å². The van der Waals surface area contributed by atoms with Crippen molar-refractivity contribution in [1.29, 1.82) is 0 Å². The van der Waals surface area contributed by atoms with Crippen LogP contribution in [0.2, 0.25) is 0 Å². The molecule has 0 aromatic heterocycles. The van der Waals surface area contributed by atoms with Crippen molar-refractivity contribution in [2.75, 3.05) is 0 Å². The molecular formula is C17H19NO3S. The summed E-state index contributed by atoms with van der Waals surface area (Å²) in [6, 6.07) is 13.7. The summed E-state index contributed by atoms with van der Waals surface area (Å²) in [5.41, 5.74) is 2.55. The van der Waals surface area contributed by atoms with Gasteiger partial charge in [0.1, 0.15) is 0 Å². The summed E-state index contributed by atoms with van der Waals surface area (Å²) < 4.78 is 25.7. The van der Waals surface area contributed by atoms with Gasteiger partial charge in [-0.05, 0) is 31.5 Å². The molecule has 0 bridgehead atoms. The molecule has 0 saturated heterocycles. The minimum atomic E-state index is -3.71. The second-order valence-electron chi connectivity index (χ2n) is 5.35. The van der Waals surface area contributed by atoms with Gasteiger partial charge in [-0.1, -0.05) is 47.5 Å². The maximum Gasteiger partial charge on any atom is 0.218 e. The number of carbonyl (C=O) groups is 1. The van der Waals surface area contributed by atoms with Crippen molar-refractivity contribution < 1.29 is 13.2 Å². The number of hydrogen-bond acceptors (Lipinski definition) is 3. The van der Waals surface area contributed by atoms with Crippen molar-refractivity contribution in [3.05, 3.63) is 65.2 Å². The highest BCUT2D eigenvalue weighted by Crippen LogP contribution is 2.27. The quantitative estimate of drug-likeness (QED) is 0.943. The number of hydrogen-bond donors (Lipinski definition) is 1. The SMILES string of the molecule is CC(=O)NC(c1ccc(C)cc1)S(=O)(=O)c1ccc(C)cc1. The molecule has 4 nitrogen and oxygen atoms in total. The lowest BCUT2D eigenvalue weighted by atomic mass is 10.1. The minimum Gasteiger partial charge on any atom is -0.336 e. The minimum absolute atomic E-state index is 0.192. The Morgan fingerprint density at radius 2 is 1.36 bits per heavy atom. The van der Waals surface area contributed by atoms with Crippen molar-refractivity contribution in [3.63, 3.8) is 0 Å². The van der Waals surface area contributed by atoms with Crippen LogP contribution in [-0.4, -0.2) is 14.3 Å². The summed E-state index contributed by atoms with van der Waals surface area (Å²) in [6.07, 6.45) is 0. The second kappa shape index (κ2) is 6.32. The van der Waals surface area contributed by atoms with Gasteiger partial charge in [0.05, 0.1) is 4.90 Å². The summed E-state index contributed by atoms with van der Waals surface area (Å²) in [5.74, 6) is -0.388. The van der Waals surface area contributed by atoms with E-state index in [2.05, 4.69) is 5.32 Å². The Bertz CT molecular complexity index is 763. The topological polar surface area (TPSA) is 63.2 Å². The van der Waals surface area contributed by atoms with Gasteiger partial charge in [-0.3, -0.25) is 4.79 Å². The summed E-state index contributed by atoms with van der Waals surface area (Å²) in [7, 11) is -3.71. The molecule has 22 heavy (non-hydrogen) atoms. The van der Waals surface area contributed by atoms with Crippen LogP contribution in [0, 0.1) is 13.8 Å². The molecular weight excluding hydrogens is 298 g/mol. The maximum atomic E-state index is 12.8. The van der Waals surface area contributed by atoms with Crippen molar-refractivity contribution in [3.8, 4) is 0 Å². The molecule has 0 aliphatic carbocycles. The fourth-order valence-electron chi connectivity index (χ4n) is 2.13. The third kappa shape index (κ3) is 3.54. The zero-order chi connectivity index (χ0) is 16.3. The lowest BCUT2D eigenvalue weighted by Crippen LogP contribution is -2.32. The Morgan fingerprint density at radius 1 is 0.909 bits per heavy atom. The largest absolute Gasteiger partial charge is 0.336 e. The van der Waals surface area contributed by atoms with Gasteiger partial charge in [0.2, 0.25) is 15.7 Å². The number of aryl methyl sites for hydroxylation is 2. The smallest absolute Gasteiger partial charge is 0.218 e. The van der Waals surface area contributed by atoms with Crippen LogP contribution in [0.25, 0.3) is 0 Å². The second-order valence-corrected chi connectivity index (χ2v) is 7.38. The van der Waals surface area contributed by atoms with Crippen molar-refractivity contribution >= 4 is 15.7 Å². The van der Waals surface area contributed by atoms with Gasteiger partial charge in [0, 0.05) is 6.92 Å². The molecule has 0 saturated carbocycles. The average Bonchev–Trinajstić information content (AvgIpc) is 2.46. The Balaban J connectivity index is 2.50. The van der Waals surface area contributed by atoms with E-state index in [4.69, 9.17) is 0 Å². The molecule has 1 amide bonds. The van der Waals surface area contributed by atoms with E-state index in [1.54, 1.807) is 36.4 Å². The van der Waals surface area contributed by atoms with E-state index >= 15 is 0 Å². The summed E-state index contributed by atoms with van der Waals surface area (Å²) in [4.78, 5) is 11.6. The molecule has 2 aromatic carbocycles. The molecule has 1 unspecified atom stereocenters. The monoisotopic (exact) mass is 317 g/mol. The first-order valence-electron chi connectivity index (χ1n) is 6.95. The van der Waals surface area contributed by atoms with E-state index in [-0.39, 0.29) is 10.8 Å². The normalized spacial score (nSPS) is 12.7. The Labute approximate surface area is 131 Å². The highest BCUT2D eigenvalue weighted by Gasteiger charge is 2.29. The molecule has 0 radical (unpaired) electrons. The summed E-state index contributed by atoms with van der Waals surface area (Å²) in [5, 5.41) is 1.45. The van der Waals surface area contributed by atoms with Gasteiger partial charge in [-0.2, -0.15) is 0 Å². The van der Waals surface area contributed by atoms with E-state index in [0.717, 1.165) is 11.1 Å². The molecule has 5 heteroatoms. The van der Waals surface area contributed by atoms with Crippen LogP contribution < -0.4 is 5.32 Å². The third-order valence-electron chi connectivity index (χ3n) is 3.37. The zero-order valence-electron chi connectivity index (χ0n) is 12.8. The molecule has 0 heterocycles. The number of rotatable bonds is 4. The van der Waals surface area contributed by atoms with E-state index in [0.29, 0.717) is 5.56 Å². The summed E-state index contributed by atoms with van der Waals surface area (Å²) >= 11 is 0. The van der Waals surface area contributed by atoms with Gasteiger partial charge in [0.25, 0.3) is 0 Å². The predicted molar refractivity (Wildman–Crippen MR) is 86.1 cm³/mol. The molecule has 2 aromatic rings. The van der Waals surface area contributed by atoms with Gasteiger partial charge >= 0.3 is 0 Å². The fraction of sp³-hybridized carbons (Fsp3) is 0.235. The van der Waals surface area contributed by atoms with Crippen LogP contribution in [0.3, 0.4) is 0 Å². The molecule has 0 fully saturated rings. The summed E-state index contributed by atoms with van der Waals surface area (Å²) in [6.45, 7) is 5.12. The fourth-order valence-corrected chi connectivity index (χ4v) is 3.75. The standard InChI is InChI=1S/C17H19NO3S/c1-12-4-8-15(9-5-12)17(18-14(3)19)22(20,21)16-10-6-13(2)7-11-16/h4-11,17H,1-3H3,(H,18,19). The van der Waals surface area contributed by atoms with Crippen LogP contribution in [0.5, 0.6) is 0 Å². The van der Waals surface area contributed by atoms with Crippen LogP contribution in [0.1, 0.15) is 29.0 Å². The van der Waals surface area contributed by atoms with Crippen molar-refractivity contribution in [2.45, 2.75) is 31.0 Å². The first-order chi connectivity index (χ1) is 10.3. The lowest BCUT2D eigenvalue weighted by molar-refractivity contribution is -0.119. The van der Waals surface area contributed by atoms with Crippen LogP contribution in [0.15, 0.2) is 53.4 Å². The van der Waals surface area contributed by atoms with E-state index < -0.39 is 15.2 Å². The van der Waals surface area contributed by atoms with Gasteiger partial charge in [-0.25, -0.2) is 8.42 Å². The van der Waals surface area contributed by atoms with E-state index in [9.17, 15) is 13.2 Å². The molecule has 2 rings (SSSR count). The maximum absolute atomic E-state index is 12.8. The molecule has 1 atom stereocenters. The van der Waals surface area contributed by atoms with Crippen LogP contribution in [-0.2, 0) is 14.6 Å². The highest BCUT2D eigenvalue weighted by molar-refractivity contribution is 7.91. The lowest BCUT2D eigenvalue weighted by Gasteiger charge is -2.19. The van der Waals surface area contributed by atoms with Crippen LogP contribution in [0.4, 0.5) is 0 Å². The highest BCUT2D eigenvalue weighted by atomic mass is 32.2. The Morgan fingerprint density at radius 3 is 1.82 bits per heavy atom. The van der Waals surface area contributed by atoms with E-state index in [1.165, 1.54) is 6.92 Å². The number of sulfone groups is 1. The Hall–Kier alpha value is -2.14. The van der Waals surface area contributed by atoms with Gasteiger partial charge in [0.15, 0.2) is 5.37 Å². The zero-order valence-corrected chi connectivity index (χ0v) is 13.6. The number of nitrogens with one attached hydrogen (secondary N) is 1. The molecule has 0 spiro atoms. The van der Waals surface area contributed by atoms with Crippen molar-refractivity contribution in [2.24, 2.45) is 0 Å². The third-order valence-corrected chi connectivity index (χ3v) is 5.31. The molecule has 1 N–H and O–H groups in total. The van der Waals surface area contributed by atoms with Crippen LogP contribution >= 0.6 is 0 Å². The molecule has 116 valence electrons. The number of carbonyl (C=O) groups excluding carboxylic acids is 1. The first kappa shape index (κ1) is 16.2. The van der Waals surface area contributed by atoms with Gasteiger partial charge < -0.3 is 5.32 Å². The Kier molecular flexibility index (Phi) is 4.66. The molecule has 0 aliphatic heterocycles. The number of benzene rings is 2. The number of amides is 1. The average molecular weight is 317 g/mol. The first-order valence-corrected chi connectivity index (χ1v) is 8.49. The van der Waals surface area contributed by atoms with Crippen molar-refractivity contribution in [1.82, 2.24) is 5.32 Å². The molecule has 0 aliphatic rings. The van der Waals surface area contributed by atoms with E-state index in [1.807, 2.05) is 26.0 Å². The predicted octanol–water partition coefficient (Wildman–Crippen LogP) is 2.91.